The van der Waals surface area contributed by atoms with Gasteiger partial charge in [0.05, 0.1) is 6.10 Å². The van der Waals surface area contributed by atoms with Crippen molar-refractivity contribution >= 4 is 15.9 Å². The summed E-state index contributed by atoms with van der Waals surface area (Å²) in [5.41, 5.74) is 0. The van der Waals surface area contributed by atoms with Crippen molar-refractivity contribution in [2.24, 2.45) is 0 Å². The van der Waals surface area contributed by atoms with Gasteiger partial charge in [0, 0.05) is 18.4 Å². The molecule has 3 heteroatoms. The van der Waals surface area contributed by atoms with Crippen LogP contribution in [0.5, 0.6) is 0 Å². The summed E-state index contributed by atoms with van der Waals surface area (Å²) in [4.78, 5) is 2.47. The van der Waals surface area contributed by atoms with Crippen LogP contribution < -0.4 is 0 Å². The van der Waals surface area contributed by atoms with Crippen LogP contribution in [0, 0.1) is 0 Å². The van der Waals surface area contributed by atoms with Crippen molar-refractivity contribution in [2.75, 3.05) is 25.0 Å². The summed E-state index contributed by atoms with van der Waals surface area (Å²) in [7, 11) is 0. The lowest BCUT2D eigenvalue weighted by atomic mass is 10.1. The standard InChI is InChI=1S/C10H20BrNO/c11-6-2-1-3-7-12-8-4-10(13)5-9-12/h10,13H,1-9H2. The van der Waals surface area contributed by atoms with Crippen molar-refractivity contribution in [1.29, 1.82) is 0 Å². The van der Waals surface area contributed by atoms with E-state index in [2.05, 4.69) is 20.8 Å². The Labute approximate surface area is 89.4 Å². The summed E-state index contributed by atoms with van der Waals surface area (Å²) in [6.07, 6.45) is 5.83. The maximum absolute atomic E-state index is 9.30. The van der Waals surface area contributed by atoms with Gasteiger partial charge in [0.2, 0.25) is 0 Å². The van der Waals surface area contributed by atoms with Gasteiger partial charge in [-0.1, -0.05) is 22.4 Å². The minimum atomic E-state index is -0.0289. The highest BCUT2D eigenvalue weighted by atomic mass is 79.9. The number of piperidine rings is 1. The number of aliphatic hydroxyl groups is 1. The number of likely N-dealkylation sites (tertiary alicyclic amines) is 1. The lowest BCUT2D eigenvalue weighted by Crippen LogP contribution is -2.36. The topological polar surface area (TPSA) is 23.5 Å². The molecule has 1 heterocycles. The highest BCUT2D eigenvalue weighted by molar-refractivity contribution is 9.09. The molecular weight excluding hydrogens is 230 g/mol. The highest BCUT2D eigenvalue weighted by Crippen LogP contribution is 2.11. The van der Waals surface area contributed by atoms with Crippen molar-refractivity contribution in [2.45, 2.75) is 38.2 Å². The van der Waals surface area contributed by atoms with Crippen LogP contribution in [0.25, 0.3) is 0 Å². The molecule has 0 spiro atoms. The van der Waals surface area contributed by atoms with Gasteiger partial charge < -0.3 is 10.0 Å². The predicted octanol–water partition coefficient (Wildman–Crippen LogP) is 2.01. The van der Waals surface area contributed by atoms with Gasteiger partial charge in [-0.15, -0.1) is 0 Å². The van der Waals surface area contributed by atoms with E-state index in [9.17, 15) is 5.11 Å². The van der Waals surface area contributed by atoms with Crippen molar-refractivity contribution in [3.05, 3.63) is 0 Å². The molecule has 1 aliphatic heterocycles. The molecule has 0 bridgehead atoms. The van der Waals surface area contributed by atoms with Gasteiger partial charge in [0.1, 0.15) is 0 Å². The summed E-state index contributed by atoms with van der Waals surface area (Å²) in [5, 5.41) is 10.4. The van der Waals surface area contributed by atoms with Gasteiger partial charge in [-0.3, -0.25) is 0 Å². The van der Waals surface area contributed by atoms with Crippen LogP contribution in [0.3, 0.4) is 0 Å². The van der Waals surface area contributed by atoms with Crippen LogP contribution in [-0.4, -0.2) is 41.1 Å². The molecule has 1 aliphatic rings. The molecule has 13 heavy (non-hydrogen) atoms. The Morgan fingerprint density at radius 2 is 1.85 bits per heavy atom. The van der Waals surface area contributed by atoms with Crippen LogP contribution in [0.4, 0.5) is 0 Å². The molecule has 0 aromatic rings. The van der Waals surface area contributed by atoms with Crippen molar-refractivity contribution in [1.82, 2.24) is 4.90 Å². The Morgan fingerprint density at radius 3 is 2.46 bits per heavy atom. The van der Waals surface area contributed by atoms with Gasteiger partial charge in [0.15, 0.2) is 0 Å². The van der Waals surface area contributed by atoms with E-state index in [0.29, 0.717) is 0 Å². The lowest BCUT2D eigenvalue weighted by molar-refractivity contribution is 0.0818. The molecular formula is C10H20BrNO. The second-order valence-electron chi connectivity index (χ2n) is 3.82. The first-order valence-electron chi connectivity index (χ1n) is 5.29. The van der Waals surface area contributed by atoms with Gasteiger partial charge in [-0.2, -0.15) is 0 Å². The summed E-state index contributed by atoms with van der Waals surface area (Å²) in [5.74, 6) is 0. The molecule has 2 nitrogen and oxygen atoms in total. The molecule has 1 saturated heterocycles. The molecule has 78 valence electrons. The van der Waals surface area contributed by atoms with E-state index in [4.69, 9.17) is 0 Å². The third kappa shape index (κ3) is 4.99. The average molecular weight is 250 g/mol. The molecule has 0 radical (unpaired) electrons. The Kier molecular flexibility index (Phi) is 6.00. The zero-order valence-corrected chi connectivity index (χ0v) is 9.80. The molecule has 0 aromatic carbocycles. The van der Waals surface area contributed by atoms with Crippen LogP contribution in [0.15, 0.2) is 0 Å². The van der Waals surface area contributed by atoms with E-state index in [1.54, 1.807) is 0 Å². The Morgan fingerprint density at radius 1 is 1.15 bits per heavy atom. The van der Waals surface area contributed by atoms with Crippen LogP contribution >= 0.6 is 15.9 Å². The maximum atomic E-state index is 9.30. The van der Waals surface area contributed by atoms with Crippen molar-refractivity contribution < 1.29 is 5.11 Å². The molecule has 0 saturated carbocycles. The highest BCUT2D eigenvalue weighted by Gasteiger charge is 2.15. The Bertz CT molecular complexity index is 124. The monoisotopic (exact) mass is 249 g/mol. The third-order valence-electron chi connectivity index (χ3n) is 2.67. The summed E-state index contributed by atoms with van der Waals surface area (Å²) in [6.45, 7) is 3.41. The van der Waals surface area contributed by atoms with Gasteiger partial charge in [-0.05, 0) is 32.2 Å². The fraction of sp³-hybridized carbons (Fsp3) is 1.00. The second-order valence-corrected chi connectivity index (χ2v) is 4.62. The summed E-state index contributed by atoms with van der Waals surface area (Å²) in [6, 6.07) is 0. The zero-order valence-electron chi connectivity index (χ0n) is 8.21. The van der Waals surface area contributed by atoms with Crippen LogP contribution in [0.1, 0.15) is 32.1 Å². The van der Waals surface area contributed by atoms with Crippen molar-refractivity contribution in [3.63, 3.8) is 0 Å². The number of aliphatic hydroxyl groups excluding tert-OH is 1. The van der Waals surface area contributed by atoms with Crippen molar-refractivity contribution in [3.8, 4) is 0 Å². The Balaban J connectivity index is 1.96. The normalized spacial score (nSPS) is 20.8. The summed E-state index contributed by atoms with van der Waals surface area (Å²) >= 11 is 3.44. The molecule has 0 atom stereocenters. The molecule has 0 aromatic heterocycles. The molecule has 1 fully saturated rings. The van der Waals surface area contributed by atoms with E-state index in [1.807, 2.05) is 0 Å². The average Bonchev–Trinajstić information content (AvgIpc) is 2.15. The lowest BCUT2D eigenvalue weighted by Gasteiger charge is -2.29. The minimum absolute atomic E-state index is 0.0289. The fourth-order valence-corrected chi connectivity index (χ4v) is 2.15. The van der Waals surface area contributed by atoms with Gasteiger partial charge in [-0.25, -0.2) is 0 Å². The minimum Gasteiger partial charge on any atom is -0.393 e. The van der Waals surface area contributed by atoms with Gasteiger partial charge >= 0.3 is 0 Å². The van der Waals surface area contributed by atoms with E-state index in [1.165, 1.54) is 25.8 Å². The number of hydrogen-bond acceptors (Lipinski definition) is 2. The zero-order chi connectivity index (χ0) is 9.52. The predicted molar refractivity (Wildman–Crippen MR) is 59.3 cm³/mol. The van der Waals surface area contributed by atoms with E-state index < -0.39 is 0 Å². The largest absolute Gasteiger partial charge is 0.393 e. The van der Waals surface area contributed by atoms with Crippen LogP contribution in [-0.2, 0) is 0 Å². The Hall–Kier alpha value is 0.400. The molecule has 0 amide bonds. The van der Waals surface area contributed by atoms with Crippen LogP contribution in [0.2, 0.25) is 0 Å². The maximum Gasteiger partial charge on any atom is 0.0564 e. The first-order valence-corrected chi connectivity index (χ1v) is 6.41. The number of hydrogen-bond donors (Lipinski definition) is 1. The van der Waals surface area contributed by atoms with E-state index in [-0.39, 0.29) is 6.10 Å². The number of unbranched alkanes of at least 4 members (excludes halogenated alkanes) is 2. The summed E-state index contributed by atoms with van der Waals surface area (Å²) < 4.78 is 0. The molecule has 0 aliphatic carbocycles. The van der Waals surface area contributed by atoms with E-state index in [0.717, 1.165) is 31.3 Å². The molecule has 1 rings (SSSR count). The number of alkyl halides is 1. The fourth-order valence-electron chi connectivity index (χ4n) is 1.75. The first-order chi connectivity index (χ1) is 6.33. The quantitative estimate of drug-likeness (QED) is 0.596. The number of halogens is 1. The van der Waals surface area contributed by atoms with Gasteiger partial charge in [0.25, 0.3) is 0 Å². The smallest absolute Gasteiger partial charge is 0.0564 e. The SMILES string of the molecule is OC1CCN(CCCCCBr)CC1. The van der Waals surface area contributed by atoms with E-state index >= 15 is 0 Å². The second kappa shape index (κ2) is 6.80. The first kappa shape index (κ1) is 11.5. The third-order valence-corrected chi connectivity index (χ3v) is 3.23. The number of rotatable bonds is 5. The molecule has 0 unspecified atom stereocenters. The number of nitrogens with zero attached hydrogens (tertiary/aromatic N) is 1. The molecule has 1 N–H and O–H groups in total.